The molecule has 0 aliphatic heterocycles. The molecular formula is C28H21FN2O. The SMILES string of the molecule is COc1ccc(-c2cc(Nc3ccccc3-c3ccc(F)cc3)c3ccccc3n2)cc1. The number of hydrogen-bond acceptors (Lipinski definition) is 3. The van der Waals surface area contributed by atoms with E-state index >= 15 is 0 Å². The molecule has 1 N–H and O–H groups in total. The Morgan fingerprint density at radius 2 is 1.41 bits per heavy atom. The number of methoxy groups -OCH3 is 1. The van der Waals surface area contributed by atoms with Crippen LogP contribution in [0.1, 0.15) is 0 Å². The molecule has 32 heavy (non-hydrogen) atoms. The number of nitrogens with zero attached hydrogens (tertiary/aromatic N) is 1. The van der Waals surface area contributed by atoms with E-state index < -0.39 is 0 Å². The van der Waals surface area contributed by atoms with E-state index in [0.717, 1.165) is 50.4 Å². The van der Waals surface area contributed by atoms with Crippen molar-refractivity contribution in [2.45, 2.75) is 0 Å². The first-order valence-corrected chi connectivity index (χ1v) is 10.4. The number of anilines is 2. The lowest BCUT2D eigenvalue weighted by Gasteiger charge is -2.15. The molecule has 0 radical (unpaired) electrons. The van der Waals surface area contributed by atoms with Crippen molar-refractivity contribution in [1.82, 2.24) is 4.98 Å². The van der Waals surface area contributed by atoms with E-state index in [4.69, 9.17) is 9.72 Å². The Morgan fingerprint density at radius 1 is 0.719 bits per heavy atom. The summed E-state index contributed by atoms with van der Waals surface area (Å²) in [4.78, 5) is 4.87. The number of ether oxygens (including phenoxy) is 1. The normalized spacial score (nSPS) is 10.8. The average Bonchev–Trinajstić information content (AvgIpc) is 2.85. The van der Waals surface area contributed by atoms with E-state index in [1.54, 1.807) is 19.2 Å². The molecular weight excluding hydrogens is 399 g/mol. The van der Waals surface area contributed by atoms with Crippen molar-refractivity contribution < 1.29 is 9.13 Å². The van der Waals surface area contributed by atoms with Gasteiger partial charge in [0.05, 0.1) is 24.0 Å². The van der Waals surface area contributed by atoms with Gasteiger partial charge in [0.2, 0.25) is 0 Å². The summed E-state index contributed by atoms with van der Waals surface area (Å²) in [6.07, 6.45) is 0. The van der Waals surface area contributed by atoms with Gasteiger partial charge in [-0.15, -0.1) is 0 Å². The molecule has 5 aromatic rings. The van der Waals surface area contributed by atoms with Gasteiger partial charge < -0.3 is 10.1 Å². The average molecular weight is 420 g/mol. The molecule has 1 aromatic heterocycles. The molecule has 0 bridgehead atoms. The Morgan fingerprint density at radius 3 is 2.19 bits per heavy atom. The third-order valence-corrected chi connectivity index (χ3v) is 5.45. The second kappa shape index (κ2) is 8.52. The first-order valence-electron chi connectivity index (χ1n) is 10.4. The van der Waals surface area contributed by atoms with E-state index in [1.165, 1.54) is 12.1 Å². The smallest absolute Gasteiger partial charge is 0.123 e. The topological polar surface area (TPSA) is 34.1 Å². The lowest BCUT2D eigenvalue weighted by Crippen LogP contribution is -1.97. The van der Waals surface area contributed by atoms with Crippen molar-refractivity contribution in [3.8, 4) is 28.1 Å². The van der Waals surface area contributed by atoms with Crippen molar-refractivity contribution in [3.63, 3.8) is 0 Å². The Kier molecular flexibility index (Phi) is 5.26. The molecule has 0 saturated carbocycles. The number of halogens is 1. The van der Waals surface area contributed by atoms with Crippen LogP contribution in [0.4, 0.5) is 15.8 Å². The third-order valence-electron chi connectivity index (χ3n) is 5.45. The molecule has 0 fully saturated rings. The standard InChI is InChI=1S/C28H21FN2O/c1-32-22-16-12-20(13-17-22)27-18-28(24-7-3-5-9-26(24)30-27)31-25-8-4-2-6-23(25)19-10-14-21(29)15-11-19/h2-18H,1H3,(H,30,31). The summed E-state index contributed by atoms with van der Waals surface area (Å²) in [6, 6.07) is 32.6. The summed E-state index contributed by atoms with van der Waals surface area (Å²) in [7, 11) is 1.66. The maximum atomic E-state index is 13.4. The summed E-state index contributed by atoms with van der Waals surface area (Å²) in [5.74, 6) is 0.560. The zero-order chi connectivity index (χ0) is 21.9. The molecule has 0 amide bonds. The molecule has 0 saturated heterocycles. The summed E-state index contributed by atoms with van der Waals surface area (Å²) >= 11 is 0. The first kappa shape index (κ1) is 19.8. The van der Waals surface area contributed by atoms with Gasteiger partial charge in [0, 0.05) is 22.2 Å². The minimum atomic E-state index is -0.247. The lowest BCUT2D eigenvalue weighted by atomic mass is 10.0. The molecule has 4 heteroatoms. The molecule has 0 spiro atoms. The van der Waals surface area contributed by atoms with Crippen LogP contribution in [0.15, 0.2) is 103 Å². The second-order valence-corrected chi connectivity index (χ2v) is 7.48. The fourth-order valence-electron chi connectivity index (χ4n) is 3.81. The minimum absolute atomic E-state index is 0.247. The highest BCUT2D eigenvalue weighted by atomic mass is 19.1. The van der Waals surface area contributed by atoms with Gasteiger partial charge in [0.1, 0.15) is 11.6 Å². The molecule has 0 unspecified atom stereocenters. The van der Waals surface area contributed by atoms with Gasteiger partial charge in [-0.3, -0.25) is 0 Å². The highest BCUT2D eigenvalue weighted by Crippen LogP contribution is 2.35. The third kappa shape index (κ3) is 3.91. The van der Waals surface area contributed by atoms with Crippen LogP contribution in [-0.2, 0) is 0 Å². The van der Waals surface area contributed by atoms with Gasteiger partial charge in [0.15, 0.2) is 0 Å². The Hall–Kier alpha value is -4.18. The molecule has 4 aromatic carbocycles. The quantitative estimate of drug-likeness (QED) is 0.320. The monoisotopic (exact) mass is 420 g/mol. The fraction of sp³-hybridized carbons (Fsp3) is 0.0357. The lowest BCUT2D eigenvalue weighted by molar-refractivity contribution is 0.415. The van der Waals surface area contributed by atoms with Crippen LogP contribution < -0.4 is 10.1 Å². The van der Waals surface area contributed by atoms with Crippen LogP contribution >= 0.6 is 0 Å². The molecule has 0 aliphatic rings. The second-order valence-electron chi connectivity index (χ2n) is 7.48. The number of nitrogens with one attached hydrogen (secondary N) is 1. The van der Waals surface area contributed by atoms with E-state index in [9.17, 15) is 4.39 Å². The fourth-order valence-corrected chi connectivity index (χ4v) is 3.81. The van der Waals surface area contributed by atoms with Crippen molar-refractivity contribution in [2.24, 2.45) is 0 Å². The highest BCUT2D eigenvalue weighted by molar-refractivity contribution is 5.97. The zero-order valence-electron chi connectivity index (χ0n) is 17.5. The van der Waals surface area contributed by atoms with Crippen LogP contribution in [0.3, 0.4) is 0 Å². The Bertz CT molecular complexity index is 1380. The van der Waals surface area contributed by atoms with Gasteiger partial charge in [-0.1, -0.05) is 48.5 Å². The molecule has 156 valence electrons. The minimum Gasteiger partial charge on any atom is -0.497 e. The van der Waals surface area contributed by atoms with Crippen molar-refractivity contribution in [3.05, 3.63) is 109 Å². The van der Waals surface area contributed by atoms with E-state index in [2.05, 4.69) is 17.4 Å². The van der Waals surface area contributed by atoms with Crippen molar-refractivity contribution in [2.75, 3.05) is 12.4 Å². The summed E-state index contributed by atoms with van der Waals surface area (Å²) in [5, 5.41) is 4.63. The predicted molar refractivity (Wildman–Crippen MR) is 129 cm³/mol. The van der Waals surface area contributed by atoms with Gasteiger partial charge in [-0.25, -0.2) is 9.37 Å². The number of rotatable bonds is 5. The van der Waals surface area contributed by atoms with Gasteiger partial charge in [0.25, 0.3) is 0 Å². The largest absolute Gasteiger partial charge is 0.497 e. The highest BCUT2D eigenvalue weighted by Gasteiger charge is 2.11. The number of hydrogen-bond donors (Lipinski definition) is 1. The number of para-hydroxylation sites is 2. The Balaban J connectivity index is 1.61. The number of pyridine rings is 1. The van der Waals surface area contributed by atoms with Gasteiger partial charge in [-0.05, 0) is 60.2 Å². The van der Waals surface area contributed by atoms with E-state index in [-0.39, 0.29) is 5.82 Å². The van der Waals surface area contributed by atoms with E-state index in [1.807, 2.05) is 66.7 Å². The van der Waals surface area contributed by atoms with Crippen LogP contribution in [0.25, 0.3) is 33.3 Å². The molecule has 0 aliphatic carbocycles. The predicted octanol–water partition coefficient (Wildman–Crippen LogP) is 7.46. The molecule has 0 atom stereocenters. The van der Waals surface area contributed by atoms with Crippen molar-refractivity contribution in [1.29, 1.82) is 0 Å². The molecule has 1 heterocycles. The first-order chi connectivity index (χ1) is 15.7. The van der Waals surface area contributed by atoms with Crippen LogP contribution in [0.5, 0.6) is 5.75 Å². The van der Waals surface area contributed by atoms with Crippen LogP contribution in [0, 0.1) is 5.82 Å². The maximum Gasteiger partial charge on any atom is 0.123 e. The summed E-state index contributed by atoms with van der Waals surface area (Å²) in [5.41, 5.74) is 6.62. The number of aromatic nitrogens is 1. The summed E-state index contributed by atoms with van der Waals surface area (Å²) in [6.45, 7) is 0. The Labute approximate surface area is 186 Å². The number of benzene rings is 4. The van der Waals surface area contributed by atoms with E-state index in [0.29, 0.717) is 0 Å². The zero-order valence-corrected chi connectivity index (χ0v) is 17.5. The molecule has 3 nitrogen and oxygen atoms in total. The van der Waals surface area contributed by atoms with Crippen LogP contribution in [0.2, 0.25) is 0 Å². The van der Waals surface area contributed by atoms with Gasteiger partial charge >= 0.3 is 0 Å². The van der Waals surface area contributed by atoms with Gasteiger partial charge in [-0.2, -0.15) is 0 Å². The van der Waals surface area contributed by atoms with Crippen molar-refractivity contribution >= 4 is 22.3 Å². The van der Waals surface area contributed by atoms with Crippen LogP contribution in [-0.4, -0.2) is 12.1 Å². The summed E-state index contributed by atoms with van der Waals surface area (Å²) < 4.78 is 18.7. The number of fused-ring (bicyclic) bond motifs is 1. The maximum absolute atomic E-state index is 13.4. The molecule has 5 rings (SSSR count).